The summed E-state index contributed by atoms with van der Waals surface area (Å²) in [6.45, 7) is 1.98. The molecule has 0 amide bonds. The van der Waals surface area contributed by atoms with Crippen molar-refractivity contribution in [3.63, 3.8) is 0 Å². The van der Waals surface area contributed by atoms with Crippen molar-refractivity contribution in [2.45, 2.75) is 19.4 Å². The maximum absolute atomic E-state index is 10.6. The Balaban J connectivity index is 2.04. The van der Waals surface area contributed by atoms with Crippen molar-refractivity contribution in [2.75, 3.05) is 5.32 Å². The Morgan fingerprint density at radius 2 is 2.42 bits per heavy atom. The van der Waals surface area contributed by atoms with Crippen molar-refractivity contribution in [3.05, 3.63) is 51.0 Å². The molecular formula is C12H12BrN3O3. The molecule has 0 aliphatic carbocycles. The molecule has 1 N–H and O–H groups in total. The standard InChI is InChI=1S/C12H12BrN3O3/c1-8(5-10-3-2-4-19-10)15-12-11(13)6-9(7-14-12)16(17)18/h2-4,6-8H,5H2,1H3,(H,14,15). The Morgan fingerprint density at radius 1 is 1.63 bits per heavy atom. The van der Waals surface area contributed by atoms with Crippen LogP contribution in [-0.2, 0) is 6.42 Å². The number of hydrogen-bond acceptors (Lipinski definition) is 5. The second-order valence-corrected chi connectivity index (χ2v) is 4.96. The molecule has 2 heterocycles. The van der Waals surface area contributed by atoms with Crippen molar-refractivity contribution in [3.8, 4) is 0 Å². The molecule has 100 valence electrons. The third-order valence-electron chi connectivity index (χ3n) is 2.51. The molecule has 1 atom stereocenters. The number of aromatic nitrogens is 1. The van der Waals surface area contributed by atoms with Crippen LogP contribution in [0.15, 0.2) is 39.5 Å². The van der Waals surface area contributed by atoms with E-state index in [9.17, 15) is 10.1 Å². The first-order valence-electron chi connectivity index (χ1n) is 5.65. The van der Waals surface area contributed by atoms with Crippen LogP contribution in [0.25, 0.3) is 0 Å². The van der Waals surface area contributed by atoms with E-state index in [-0.39, 0.29) is 11.7 Å². The van der Waals surface area contributed by atoms with Crippen molar-refractivity contribution >= 4 is 27.4 Å². The zero-order valence-corrected chi connectivity index (χ0v) is 11.8. The lowest BCUT2D eigenvalue weighted by Crippen LogP contribution is -2.18. The topological polar surface area (TPSA) is 81.2 Å². The predicted octanol–water partition coefficient (Wildman–Crippen LogP) is 3.39. The van der Waals surface area contributed by atoms with Crippen LogP contribution in [0.2, 0.25) is 0 Å². The highest BCUT2D eigenvalue weighted by Crippen LogP contribution is 2.25. The van der Waals surface area contributed by atoms with Gasteiger partial charge in [-0.15, -0.1) is 0 Å². The van der Waals surface area contributed by atoms with E-state index in [1.54, 1.807) is 6.26 Å². The summed E-state index contributed by atoms with van der Waals surface area (Å²) in [7, 11) is 0. The molecule has 0 aliphatic rings. The smallest absolute Gasteiger partial charge is 0.288 e. The van der Waals surface area contributed by atoms with Gasteiger partial charge in [-0.05, 0) is 35.0 Å². The first kappa shape index (κ1) is 13.5. The molecule has 0 aromatic carbocycles. The van der Waals surface area contributed by atoms with Gasteiger partial charge in [0.25, 0.3) is 5.69 Å². The van der Waals surface area contributed by atoms with E-state index in [1.165, 1.54) is 12.3 Å². The number of anilines is 1. The molecule has 0 bridgehead atoms. The average Bonchev–Trinajstić information content (AvgIpc) is 2.84. The molecule has 2 rings (SSSR count). The highest BCUT2D eigenvalue weighted by Gasteiger charge is 2.13. The maximum atomic E-state index is 10.6. The molecule has 0 fully saturated rings. The molecule has 0 spiro atoms. The number of furan rings is 1. The molecule has 0 aliphatic heterocycles. The van der Waals surface area contributed by atoms with Gasteiger partial charge in [-0.1, -0.05) is 0 Å². The highest BCUT2D eigenvalue weighted by molar-refractivity contribution is 9.10. The number of hydrogen-bond donors (Lipinski definition) is 1. The van der Waals surface area contributed by atoms with Crippen molar-refractivity contribution in [2.24, 2.45) is 0 Å². The third-order valence-corrected chi connectivity index (χ3v) is 3.11. The molecule has 2 aromatic heterocycles. The Bertz CT molecular complexity index is 572. The Morgan fingerprint density at radius 3 is 3.00 bits per heavy atom. The van der Waals surface area contributed by atoms with Gasteiger partial charge in [-0.3, -0.25) is 10.1 Å². The number of nitrogens with zero attached hydrogens (tertiary/aromatic N) is 2. The van der Waals surface area contributed by atoms with Gasteiger partial charge in [-0.2, -0.15) is 0 Å². The first-order valence-corrected chi connectivity index (χ1v) is 6.44. The van der Waals surface area contributed by atoms with E-state index in [1.807, 2.05) is 19.1 Å². The molecule has 6 nitrogen and oxygen atoms in total. The summed E-state index contributed by atoms with van der Waals surface area (Å²) in [5.41, 5.74) is -0.0453. The molecule has 1 unspecified atom stereocenters. The Labute approximate surface area is 118 Å². The second-order valence-electron chi connectivity index (χ2n) is 4.11. The third kappa shape index (κ3) is 3.54. The normalized spacial score (nSPS) is 12.1. The van der Waals surface area contributed by atoms with Crippen molar-refractivity contribution < 1.29 is 9.34 Å². The predicted molar refractivity (Wildman–Crippen MR) is 74.1 cm³/mol. The van der Waals surface area contributed by atoms with Crippen LogP contribution in [-0.4, -0.2) is 15.9 Å². The van der Waals surface area contributed by atoms with E-state index in [0.29, 0.717) is 16.7 Å². The quantitative estimate of drug-likeness (QED) is 0.673. The van der Waals surface area contributed by atoms with Crippen LogP contribution in [0.4, 0.5) is 11.5 Å². The fraction of sp³-hybridized carbons (Fsp3) is 0.250. The number of rotatable bonds is 5. The lowest BCUT2D eigenvalue weighted by Gasteiger charge is -2.14. The van der Waals surface area contributed by atoms with E-state index in [4.69, 9.17) is 4.42 Å². The highest BCUT2D eigenvalue weighted by atomic mass is 79.9. The summed E-state index contributed by atoms with van der Waals surface area (Å²) in [4.78, 5) is 14.2. The van der Waals surface area contributed by atoms with Gasteiger partial charge in [0.1, 0.15) is 17.8 Å². The summed E-state index contributed by atoms with van der Waals surface area (Å²) in [6, 6.07) is 5.25. The Hall–Kier alpha value is -1.89. The SMILES string of the molecule is CC(Cc1ccco1)Nc1ncc([N+](=O)[O-])cc1Br. The Kier molecular flexibility index (Phi) is 4.16. The van der Waals surface area contributed by atoms with Crippen LogP contribution in [0.1, 0.15) is 12.7 Å². The second kappa shape index (κ2) is 5.83. The van der Waals surface area contributed by atoms with E-state index in [0.717, 1.165) is 5.76 Å². The van der Waals surface area contributed by atoms with Crippen molar-refractivity contribution in [1.82, 2.24) is 4.98 Å². The first-order chi connectivity index (χ1) is 9.06. The zero-order chi connectivity index (χ0) is 13.8. The average molecular weight is 326 g/mol. The molecule has 0 radical (unpaired) electrons. The summed E-state index contributed by atoms with van der Waals surface area (Å²) in [5.74, 6) is 1.45. The summed E-state index contributed by atoms with van der Waals surface area (Å²) in [6.07, 6.45) is 3.56. The van der Waals surface area contributed by atoms with Gasteiger partial charge in [0.15, 0.2) is 0 Å². The van der Waals surface area contributed by atoms with Crippen LogP contribution >= 0.6 is 15.9 Å². The van der Waals surface area contributed by atoms with Crippen LogP contribution < -0.4 is 5.32 Å². The van der Waals surface area contributed by atoms with Gasteiger partial charge in [0, 0.05) is 18.5 Å². The van der Waals surface area contributed by atoms with Crippen LogP contribution in [0, 0.1) is 10.1 Å². The number of halogens is 1. The number of pyridine rings is 1. The minimum atomic E-state index is -0.478. The summed E-state index contributed by atoms with van der Waals surface area (Å²) < 4.78 is 5.82. The van der Waals surface area contributed by atoms with Crippen LogP contribution in [0.3, 0.4) is 0 Å². The maximum Gasteiger partial charge on any atom is 0.288 e. The minimum absolute atomic E-state index is 0.0453. The summed E-state index contributed by atoms with van der Waals surface area (Å²) in [5, 5.41) is 13.8. The van der Waals surface area contributed by atoms with Gasteiger partial charge in [-0.25, -0.2) is 4.98 Å². The zero-order valence-electron chi connectivity index (χ0n) is 10.2. The number of nitro groups is 1. The van der Waals surface area contributed by atoms with Gasteiger partial charge in [0.05, 0.1) is 15.7 Å². The fourth-order valence-electron chi connectivity index (χ4n) is 1.65. The molecule has 0 saturated heterocycles. The molecule has 0 saturated carbocycles. The van der Waals surface area contributed by atoms with E-state index < -0.39 is 4.92 Å². The van der Waals surface area contributed by atoms with Crippen molar-refractivity contribution in [1.29, 1.82) is 0 Å². The molecule has 19 heavy (non-hydrogen) atoms. The van der Waals surface area contributed by atoms with E-state index >= 15 is 0 Å². The largest absolute Gasteiger partial charge is 0.469 e. The molecule has 2 aromatic rings. The lowest BCUT2D eigenvalue weighted by molar-refractivity contribution is -0.385. The van der Waals surface area contributed by atoms with Gasteiger partial charge >= 0.3 is 0 Å². The molecule has 7 heteroatoms. The minimum Gasteiger partial charge on any atom is -0.469 e. The number of nitrogens with one attached hydrogen (secondary N) is 1. The van der Waals surface area contributed by atoms with Crippen LogP contribution in [0.5, 0.6) is 0 Å². The summed E-state index contributed by atoms with van der Waals surface area (Å²) >= 11 is 3.27. The lowest BCUT2D eigenvalue weighted by atomic mass is 10.2. The molecular weight excluding hydrogens is 314 g/mol. The fourth-order valence-corrected chi connectivity index (χ4v) is 2.10. The van der Waals surface area contributed by atoms with Gasteiger partial charge < -0.3 is 9.73 Å². The van der Waals surface area contributed by atoms with Gasteiger partial charge in [0.2, 0.25) is 0 Å². The van der Waals surface area contributed by atoms with E-state index in [2.05, 4.69) is 26.2 Å². The monoisotopic (exact) mass is 325 g/mol.